The molecule has 0 aliphatic carbocycles. The molecule has 1 N–H and O–H groups in total. The zero-order valence-electron chi connectivity index (χ0n) is 8.99. The second kappa shape index (κ2) is 3.77. The fraction of sp³-hybridized carbons (Fsp3) is 0.143. The first kappa shape index (κ1) is 9.78. The predicted octanol–water partition coefficient (Wildman–Crippen LogP) is 3.68. The first-order valence-corrected chi connectivity index (χ1v) is 5.03. The molecule has 1 heteroatoms. The topological polar surface area (TPSA) is 20.2 Å². The quantitative estimate of drug-likeness (QED) is 0.741. The predicted molar refractivity (Wildman–Crippen MR) is 63.0 cm³/mol. The van der Waals surface area contributed by atoms with Crippen LogP contribution in [0.15, 0.2) is 42.5 Å². The van der Waals surface area contributed by atoms with Crippen molar-refractivity contribution in [3.05, 3.63) is 53.6 Å². The molecule has 0 heterocycles. The number of phenolic OH excluding ortho intramolecular Hbond substituents is 1. The van der Waals surface area contributed by atoms with Gasteiger partial charge in [0.15, 0.2) is 0 Å². The van der Waals surface area contributed by atoms with Gasteiger partial charge >= 0.3 is 0 Å². The minimum absolute atomic E-state index is 0.316. The summed E-state index contributed by atoms with van der Waals surface area (Å²) in [6.07, 6.45) is 0. The lowest BCUT2D eigenvalue weighted by atomic mass is 9.99. The summed E-state index contributed by atoms with van der Waals surface area (Å²) in [6, 6.07) is 13.8. The third-order valence-corrected chi connectivity index (χ3v) is 2.58. The number of hydrogen-bond donors (Lipinski definition) is 1. The highest BCUT2D eigenvalue weighted by atomic mass is 16.3. The molecule has 0 aromatic heterocycles. The van der Waals surface area contributed by atoms with Crippen LogP contribution >= 0.6 is 0 Å². The van der Waals surface area contributed by atoms with E-state index in [0.29, 0.717) is 5.75 Å². The Morgan fingerprint density at radius 1 is 0.867 bits per heavy atom. The molecule has 0 amide bonds. The number of benzene rings is 2. The van der Waals surface area contributed by atoms with Crippen molar-refractivity contribution in [1.82, 2.24) is 0 Å². The zero-order chi connectivity index (χ0) is 10.8. The zero-order valence-corrected chi connectivity index (χ0v) is 8.99. The molecule has 0 aliphatic rings. The van der Waals surface area contributed by atoms with Gasteiger partial charge in [-0.3, -0.25) is 0 Å². The summed E-state index contributed by atoms with van der Waals surface area (Å²) in [5, 5.41) is 9.45. The van der Waals surface area contributed by atoms with Crippen LogP contribution in [0.2, 0.25) is 0 Å². The van der Waals surface area contributed by atoms with Gasteiger partial charge < -0.3 is 5.11 Å². The van der Waals surface area contributed by atoms with Crippen LogP contribution in [-0.2, 0) is 0 Å². The van der Waals surface area contributed by atoms with Crippen molar-refractivity contribution in [2.75, 3.05) is 0 Å². The Bertz CT molecular complexity index is 469. The summed E-state index contributed by atoms with van der Waals surface area (Å²) in [6.45, 7) is 4.12. The van der Waals surface area contributed by atoms with E-state index in [2.05, 4.69) is 38.1 Å². The van der Waals surface area contributed by atoms with Crippen LogP contribution < -0.4 is 0 Å². The van der Waals surface area contributed by atoms with Crippen LogP contribution in [0.4, 0.5) is 0 Å². The molecule has 1 nitrogen and oxygen atoms in total. The van der Waals surface area contributed by atoms with Gasteiger partial charge in [-0.15, -0.1) is 0 Å². The second-order valence-corrected chi connectivity index (χ2v) is 3.87. The van der Waals surface area contributed by atoms with Gasteiger partial charge in [0.05, 0.1) is 0 Å². The fourth-order valence-electron chi connectivity index (χ4n) is 1.65. The maximum Gasteiger partial charge on any atom is 0.116 e. The molecule has 0 spiro atoms. The number of rotatable bonds is 1. The molecular weight excluding hydrogens is 184 g/mol. The molecule has 15 heavy (non-hydrogen) atoms. The Hall–Kier alpha value is -1.76. The van der Waals surface area contributed by atoms with Crippen molar-refractivity contribution < 1.29 is 5.11 Å². The van der Waals surface area contributed by atoms with Crippen LogP contribution in [-0.4, -0.2) is 5.11 Å². The molecule has 0 radical (unpaired) electrons. The first-order chi connectivity index (χ1) is 7.16. The minimum Gasteiger partial charge on any atom is -0.508 e. The number of aryl methyl sites for hydroxylation is 2. The highest BCUT2D eigenvalue weighted by Crippen LogP contribution is 2.27. The normalized spacial score (nSPS) is 10.3. The van der Waals surface area contributed by atoms with E-state index >= 15 is 0 Å². The standard InChI is InChI=1S/C14H14O/c1-10-3-6-12(7-4-10)14-9-13(15)8-5-11(14)2/h3-9,15H,1-2H3. The Balaban J connectivity index is 2.53. The molecule has 0 fully saturated rings. The van der Waals surface area contributed by atoms with Crippen molar-refractivity contribution >= 4 is 0 Å². The van der Waals surface area contributed by atoms with Crippen LogP contribution in [0.25, 0.3) is 11.1 Å². The molecule has 0 saturated carbocycles. The smallest absolute Gasteiger partial charge is 0.116 e. The molecule has 2 aromatic rings. The van der Waals surface area contributed by atoms with E-state index in [0.717, 1.165) is 11.1 Å². The lowest BCUT2D eigenvalue weighted by Gasteiger charge is -2.06. The van der Waals surface area contributed by atoms with Gasteiger partial charge in [-0.2, -0.15) is 0 Å². The average Bonchev–Trinajstić information content (AvgIpc) is 2.23. The largest absolute Gasteiger partial charge is 0.508 e. The van der Waals surface area contributed by atoms with Crippen molar-refractivity contribution in [2.45, 2.75) is 13.8 Å². The molecule has 0 aliphatic heterocycles. The van der Waals surface area contributed by atoms with E-state index in [4.69, 9.17) is 0 Å². The first-order valence-electron chi connectivity index (χ1n) is 5.03. The lowest BCUT2D eigenvalue weighted by molar-refractivity contribution is 0.475. The van der Waals surface area contributed by atoms with Gasteiger partial charge in [-0.05, 0) is 42.7 Å². The summed E-state index contributed by atoms with van der Waals surface area (Å²) in [7, 11) is 0. The molecule has 2 aromatic carbocycles. The van der Waals surface area contributed by atoms with E-state index in [1.54, 1.807) is 12.1 Å². The summed E-state index contributed by atoms with van der Waals surface area (Å²) < 4.78 is 0. The SMILES string of the molecule is Cc1ccc(-c2cc(O)ccc2C)cc1. The molecule has 0 bridgehead atoms. The molecule has 0 atom stereocenters. The summed E-state index contributed by atoms with van der Waals surface area (Å²) >= 11 is 0. The average molecular weight is 198 g/mol. The van der Waals surface area contributed by atoms with Gasteiger partial charge in [0.1, 0.15) is 5.75 Å². The monoisotopic (exact) mass is 198 g/mol. The van der Waals surface area contributed by atoms with Crippen LogP contribution in [0, 0.1) is 13.8 Å². The summed E-state index contributed by atoms with van der Waals surface area (Å²) in [4.78, 5) is 0. The number of aromatic hydroxyl groups is 1. The van der Waals surface area contributed by atoms with Crippen molar-refractivity contribution in [1.29, 1.82) is 0 Å². The van der Waals surface area contributed by atoms with Crippen molar-refractivity contribution in [2.24, 2.45) is 0 Å². The Labute approximate surface area is 90.0 Å². The molecule has 0 saturated heterocycles. The van der Waals surface area contributed by atoms with E-state index < -0.39 is 0 Å². The van der Waals surface area contributed by atoms with Crippen LogP contribution in [0.5, 0.6) is 5.75 Å². The van der Waals surface area contributed by atoms with Gasteiger partial charge in [0, 0.05) is 0 Å². The minimum atomic E-state index is 0.316. The summed E-state index contributed by atoms with van der Waals surface area (Å²) in [5.41, 5.74) is 4.66. The van der Waals surface area contributed by atoms with Crippen LogP contribution in [0.3, 0.4) is 0 Å². The maximum atomic E-state index is 9.45. The van der Waals surface area contributed by atoms with Gasteiger partial charge in [0.2, 0.25) is 0 Å². The van der Waals surface area contributed by atoms with E-state index in [-0.39, 0.29) is 0 Å². The Kier molecular flexibility index (Phi) is 2.46. The molecular formula is C14H14O. The second-order valence-electron chi connectivity index (χ2n) is 3.87. The molecule has 0 unspecified atom stereocenters. The third-order valence-electron chi connectivity index (χ3n) is 2.58. The van der Waals surface area contributed by atoms with Crippen LogP contribution in [0.1, 0.15) is 11.1 Å². The molecule has 2 rings (SSSR count). The Morgan fingerprint density at radius 3 is 2.20 bits per heavy atom. The number of hydrogen-bond acceptors (Lipinski definition) is 1. The van der Waals surface area contributed by atoms with Crippen molar-refractivity contribution in [3.8, 4) is 16.9 Å². The van der Waals surface area contributed by atoms with Gasteiger partial charge in [0.25, 0.3) is 0 Å². The van der Waals surface area contributed by atoms with E-state index in [1.165, 1.54) is 11.1 Å². The van der Waals surface area contributed by atoms with Gasteiger partial charge in [-0.1, -0.05) is 35.9 Å². The molecule has 76 valence electrons. The number of phenols is 1. The highest BCUT2D eigenvalue weighted by molar-refractivity contribution is 5.68. The Morgan fingerprint density at radius 2 is 1.53 bits per heavy atom. The van der Waals surface area contributed by atoms with E-state index in [1.807, 2.05) is 6.07 Å². The summed E-state index contributed by atoms with van der Waals surface area (Å²) in [5.74, 6) is 0.316. The van der Waals surface area contributed by atoms with E-state index in [9.17, 15) is 5.11 Å². The van der Waals surface area contributed by atoms with Crippen molar-refractivity contribution in [3.63, 3.8) is 0 Å². The highest BCUT2D eigenvalue weighted by Gasteiger charge is 2.02. The fourth-order valence-corrected chi connectivity index (χ4v) is 1.65. The third kappa shape index (κ3) is 2.01. The lowest BCUT2D eigenvalue weighted by Crippen LogP contribution is -1.83. The maximum absolute atomic E-state index is 9.45. The van der Waals surface area contributed by atoms with Gasteiger partial charge in [-0.25, -0.2) is 0 Å².